The molecule has 1 saturated heterocycles. The first-order valence-electron chi connectivity index (χ1n) is 7.05. The third-order valence-electron chi connectivity index (χ3n) is 3.83. The standard InChI is InChI=1S/C15H24ClN3/c1-18(12-13-4-2-3-5-15(13)16)10-11-19-8-6-14(17)7-9-19/h2-5,14H,6-12,17H2,1H3. The van der Waals surface area contributed by atoms with Crippen molar-refractivity contribution in [3.05, 3.63) is 34.9 Å². The summed E-state index contributed by atoms with van der Waals surface area (Å²) in [5, 5.41) is 0.860. The summed E-state index contributed by atoms with van der Waals surface area (Å²) < 4.78 is 0. The lowest BCUT2D eigenvalue weighted by Crippen LogP contribution is -2.42. The molecule has 2 N–H and O–H groups in total. The van der Waals surface area contributed by atoms with E-state index < -0.39 is 0 Å². The minimum atomic E-state index is 0.414. The molecule has 106 valence electrons. The Hall–Kier alpha value is -0.610. The number of nitrogens with two attached hydrogens (primary N) is 1. The molecule has 19 heavy (non-hydrogen) atoms. The third-order valence-corrected chi connectivity index (χ3v) is 4.20. The molecule has 0 spiro atoms. The van der Waals surface area contributed by atoms with Crippen molar-refractivity contribution >= 4 is 11.6 Å². The van der Waals surface area contributed by atoms with Crippen LogP contribution >= 0.6 is 11.6 Å². The van der Waals surface area contributed by atoms with Crippen molar-refractivity contribution in [3.63, 3.8) is 0 Å². The molecule has 2 rings (SSSR count). The van der Waals surface area contributed by atoms with Gasteiger partial charge in [0, 0.05) is 30.7 Å². The molecule has 1 heterocycles. The number of benzene rings is 1. The van der Waals surface area contributed by atoms with E-state index in [9.17, 15) is 0 Å². The predicted octanol–water partition coefficient (Wildman–Crippen LogP) is 2.19. The van der Waals surface area contributed by atoms with E-state index in [1.165, 1.54) is 5.56 Å². The molecule has 1 aromatic carbocycles. The summed E-state index contributed by atoms with van der Waals surface area (Å²) in [4.78, 5) is 4.84. The SMILES string of the molecule is CN(CCN1CCC(N)CC1)Cc1ccccc1Cl. The summed E-state index contributed by atoms with van der Waals surface area (Å²) in [6.07, 6.45) is 2.27. The maximum atomic E-state index is 6.18. The van der Waals surface area contributed by atoms with Crippen LogP contribution in [0, 0.1) is 0 Å². The fourth-order valence-corrected chi connectivity index (χ4v) is 2.68. The second-order valence-electron chi connectivity index (χ2n) is 5.51. The van der Waals surface area contributed by atoms with E-state index in [0.29, 0.717) is 6.04 Å². The summed E-state index contributed by atoms with van der Waals surface area (Å²) >= 11 is 6.18. The highest BCUT2D eigenvalue weighted by Gasteiger charge is 2.15. The Labute approximate surface area is 121 Å². The van der Waals surface area contributed by atoms with Crippen molar-refractivity contribution in [3.8, 4) is 0 Å². The number of hydrogen-bond acceptors (Lipinski definition) is 3. The fraction of sp³-hybridized carbons (Fsp3) is 0.600. The van der Waals surface area contributed by atoms with Crippen LogP contribution < -0.4 is 5.73 Å². The van der Waals surface area contributed by atoms with Crippen LogP contribution in [0.25, 0.3) is 0 Å². The van der Waals surface area contributed by atoms with E-state index in [4.69, 9.17) is 17.3 Å². The number of halogens is 1. The van der Waals surface area contributed by atoms with Crippen molar-refractivity contribution in [2.45, 2.75) is 25.4 Å². The monoisotopic (exact) mass is 281 g/mol. The number of piperidine rings is 1. The van der Waals surface area contributed by atoms with E-state index in [2.05, 4.69) is 22.9 Å². The van der Waals surface area contributed by atoms with E-state index >= 15 is 0 Å². The number of nitrogens with zero attached hydrogens (tertiary/aromatic N) is 2. The molecule has 0 aliphatic carbocycles. The van der Waals surface area contributed by atoms with Crippen LogP contribution in [0.15, 0.2) is 24.3 Å². The Morgan fingerprint density at radius 3 is 2.68 bits per heavy atom. The molecule has 0 saturated carbocycles. The van der Waals surface area contributed by atoms with Gasteiger partial charge < -0.3 is 15.5 Å². The molecular weight excluding hydrogens is 258 g/mol. The number of hydrogen-bond donors (Lipinski definition) is 1. The minimum absolute atomic E-state index is 0.414. The molecule has 0 bridgehead atoms. The van der Waals surface area contributed by atoms with Gasteiger partial charge in [0.1, 0.15) is 0 Å². The largest absolute Gasteiger partial charge is 0.328 e. The fourth-order valence-electron chi connectivity index (χ4n) is 2.49. The summed E-state index contributed by atoms with van der Waals surface area (Å²) in [6.45, 7) is 5.38. The van der Waals surface area contributed by atoms with Crippen LogP contribution in [0.5, 0.6) is 0 Å². The highest BCUT2D eigenvalue weighted by Crippen LogP contribution is 2.16. The third kappa shape index (κ3) is 4.77. The molecule has 0 atom stereocenters. The minimum Gasteiger partial charge on any atom is -0.328 e. The van der Waals surface area contributed by atoms with Gasteiger partial charge in [-0.15, -0.1) is 0 Å². The second-order valence-corrected chi connectivity index (χ2v) is 5.92. The quantitative estimate of drug-likeness (QED) is 0.898. The Morgan fingerprint density at radius 2 is 2.00 bits per heavy atom. The van der Waals surface area contributed by atoms with Gasteiger partial charge in [-0.25, -0.2) is 0 Å². The van der Waals surface area contributed by atoms with Gasteiger partial charge in [-0.05, 0) is 44.6 Å². The predicted molar refractivity (Wildman–Crippen MR) is 81.4 cm³/mol. The molecule has 0 unspecified atom stereocenters. The molecule has 0 aromatic heterocycles. The smallest absolute Gasteiger partial charge is 0.0451 e. The van der Waals surface area contributed by atoms with E-state index in [1.54, 1.807) is 0 Å². The summed E-state index contributed by atoms with van der Waals surface area (Å²) in [5.41, 5.74) is 7.12. The zero-order chi connectivity index (χ0) is 13.7. The maximum absolute atomic E-state index is 6.18. The van der Waals surface area contributed by atoms with Crippen molar-refractivity contribution in [2.24, 2.45) is 5.73 Å². The second kappa shape index (κ2) is 7.25. The van der Waals surface area contributed by atoms with Gasteiger partial charge >= 0.3 is 0 Å². The van der Waals surface area contributed by atoms with Gasteiger partial charge in [-0.2, -0.15) is 0 Å². The molecule has 1 fully saturated rings. The van der Waals surface area contributed by atoms with Crippen LogP contribution in [-0.4, -0.2) is 49.1 Å². The van der Waals surface area contributed by atoms with Crippen LogP contribution in [0.3, 0.4) is 0 Å². The van der Waals surface area contributed by atoms with Crippen LogP contribution in [0.2, 0.25) is 5.02 Å². The number of likely N-dealkylation sites (N-methyl/N-ethyl adjacent to an activating group) is 1. The Kier molecular flexibility index (Phi) is 5.64. The van der Waals surface area contributed by atoms with Gasteiger partial charge in [0.05, 0.1) is 0 Å². The Bertz CT molecular complexity index is 389. The highest BCUT2D eigenvalue weighted by atomic mass is 35.5. The molecule has 1 aliphatic rings. The van der Waals surface area contributed by atoms with Crippen LogP contribution in [0.1, 0.15) is 18.4 Å². The van der Waals surface area contributed by atoms with E-state index in [0.717, 1.165) is 50.6 Å². The molecular formula is C15H24ClN3. The summed E-state index contributed by atoms with van der Waals surface area (Å²) in [6, 6.07) is 8.48. The normalized spacial score (nSPS) is 18.1. The lowest BCUT2D eigenvalue weighted by Gasteiger charge is -2.31. The molecule has 4 heteroatoms. The zero-order valence-corrected chi connectivity index (χ0v) is 12.4. The zero-order valence-electron chi connectivity index (χ0n) is 11.7. The van der Waals surface area contributed by atoms with Gasteiger partial charge in [0.25, 0.3) is 0 Å². The first-order valence-corrected chi connectivity index (χ1v) is 7.43. The van der Waals surface area contributed by atoms with Gasteiger partial charge in [0.15, 0.2) is 0 Å². The van der Waals surface area contributed by atoms with Crippen molar-refractivity contribution in [1.29, 1.82) is 0 Å². The highest BCUT2D eigenvalue weighted by molar-refractivity contribution is 6.31. The van der Waals surface area contributed by atoms with Crippen LogP contribution in [-0.2, 0) is 6.54 Å². The summed E-state index contributed by atoms with van der Waals surface area (Å²) in [5.74, 6) is 0. The molecule has 0 radical (unpaired) electrons. The number of rotatable bonds is 5. The number of likely N-dealkylation sites (tertiary alicyclic amines) is 1. The summed E-state index contributed by atoms with van der Waals surface area (Å²) in [7, 11) is 2.15. The van der Waals surface area contributed by atoms with Crippen molar-refractivity contribution in [2.75, 3.05) is 33.2 Å². The lowest BCUT2D eigenvalue weighted by atomic mass is 10.1. The topological polar surface area (TPSA) is 32.5 Å². The maximum Gasteiger partial charge on any atom is 0.0451 e. The molecule has 1 aliphatic heterocycles. The molecule has 0 amide bonds. The van der Waals surface area contributed by atoms with E-state index in [1.807, 2.05) is 18.2 Å². The van der Waals surface area contributed by atoms with Gasteiger partial charge in [0.2, 0.25) is 0 Å². The van der Waals surface area contributed by atoms with E-state index in [-0.39, 0.29) is 0 Å². The van der Waals surface area contributed by atoms with Gasteiger partial charge in [-0.1, -0.05) is 29.8 Å². The lowest BCUT2D eigenvalue weighted by molar-refractivity contribution is 0.183. The van der Waals surface area contributed by atoms with Gasteiger partial charge in [-0.3, -0.25) is 0 Å². The van der Waals surface area contributed by atoms with Crippen LogP contribution in [0.4, 0.5) is 0 Å². The average Bonchev–Trinajstić information content (AvgIpc) is 2.41. The van der Waals surface area contributed by atoms with Crippen molar-refractivity contribution in [1.82, 2.24) is 9.80 Å². The first-order chi connectivity index (χ1) is 9.15. The Balaban J connectivity index is 1.73. The molecule has 3 nitrogen and oxygen atoms in total. The van der Waals surface area contributed by atoms with Crippen molar-refractivity contribution < 1.29 is 0 Å². The average molecular weight is 282 g/mol. The molecule has 1 aromatic rings. The first kappa shape index (κ1) is 14.8. The Morgan fingerprint density at radius 1 is 1.32 bits per heavy atom.